The van der Waals surface area contributed by atoms with Crippen molar-refractivity contribution >= 4 is 5.69 Å². The van der Waals surface area contributed by atoms with E-state index < -0.39 is 29.3 Å². The molecule has 0 atom stereocenters. The molecule has 0 bridgehead atoms. The summed E-state index contributed by atoms with van der Waals surface area (Å²) in [5.74, 6) is 0. The van der Waals surface area contributed by atoms with Crippen molar-refractivity contribution in [3.05, 3.63) is 33.6 Å². The minimum absolute atomic E-state index is 0.0839. The first-order valence-electron chi connectivity index (χ1n) is 3.58. The summed E-state index contributed by atoms with van der Waals surface area (Å²) in [7, 11) is 0. The van der Waals surface area contributed by atoms with Gasteiger partial charge >= 0.3 is 0 Å². The Hall–Kier alpha value is -1.63. The van der Waals surface area contributed by atoms with Crippen LogP contribution in [-0.4, -0.2) is 15.0 Å². The summed E-state index contributed by atoms with van der Waals surface area (Å²) in [5.41, 5.74) is -1.30. The van der Waals surface area contributed by atoms with Crippen molar-refractivity contribution in [3.8, 4) is 0 Å². The van der Waals surface area contributed by atoms with E-state index in [-0.39, 0.29) is 5.56 Å². The van der Waals surface area contributed by atoms with Gasteiger partial charge in [-0.25, -0.2) is 8.78 Å². The zero-order valence-corrected chi connectivity index (χ0v) is 6.85. The Morgan fingerprint density at radius 3 is 2.71 bits per heavy atom. The maximum atomic E-state index is 12.1. The molecule has 0 unspecified atom stereocenters. The maximum absolute atomic E-state index is 12.1. The van der Waals surface area contributed by atoms with Crippen molar-refractivity contribution in [2.24, 2.45) is 0 Å². The van der Waals surface area contributed by atoms with E-state index in [4.69, 9.17) is 5.11 Å². The highest BCUT2D eigenvalue weighted by Crippen LogP contribution is 2.24. The molecule has 7 heteroatoms. The Morgan fingerprint density at radius 1 is 1.64 bits per heavy atom. The molecule has 0 amide bonds. The van der Waals surface area contributed by atoms with Gasteiger partial charge < -0.3 is 5.11 Å². The van der Waals surface area contributed by atoms with Crippen LogP contribution in [0.5, 0.6) is 0 Å². The fourth-order valence-corrected chi connectivity index (χ4v) is 0.900. The maximum Gasteiger partial charge on any atom is 0.280 e. The Morgan fingerprint density at radius 2 is 2.29 bits per heavy atom. The molecular weight excluding hydrogens is 198 g/mol. The first-order chi connectivity index (χ1) is 6.56. The van der Waals surface area contributed by atoms with Gasteiger partial charge in [0.2, 0.25) is 0 Å². The second-order valence-electron chi connectivity index (χ2n) is 2.45. The third kappa shape index (κ3) is 1.99. The number of aliphatic hydroxyl groups is 1. The van der Waals surface area contributed by atoms with Gasteiger partial charge in [-0.1, -0.05) is 0 Å². The number of rotatable bonds is 3. The molecule has 5 nitrogen and oxygen atoms in total. The minimum Gasteiger partial charge on any atom is -0.391 e. The van der Waals surface area contributed by atoms with Gasteiger partial charge in [-0.15, -0.1) is 0 Å². The monoisotopic (exact) mass is 204 g/mol. The van der Waals surface area contributed by atoms with E-state index in [2.05, 4.69) is 4.98 Å². The topological polar surface area (TPSA) is 76.3 Å². The van der Waals surface area contributed by atoms with E-state index in [1.807, 2.05) is 0 Å². The van der Waals surface area contributed by atoms with Crippen LogP contribution < -0.4 is 0 Å². The Balaban J connectivity index is 3.21. The van der Waals surface area contributed by atoms with Crippen molar-refractivity contribution in [2.75, 3.05) is 0 Å². The van der Waals surface area contributed by atoms with Crippen LogP contribution in [0.4, 0.5) is 14.5 Å². The summed E-state index contributed by atoms with van der Waals surface area (Å²) in [4.78, 5) is 12.8. The third-order valence-corrected chi connectivity index (χ3v) is 1.57. The molecule has 1 N–H and O–H groups in total. The first-order valence-corrected chi connectivity index (χ1v) is 3.58. The Kier molecular flexibility index (Phi) is 3.03. The summed E-state index contributed by atoms with van der Waals surface area (Å²) in [6.45, 7) is -0.604. The first kappa shape index (κ1) is 10.5. The van der Waals surface area contributed by atoms with Crippen molar-refractivity contribution in [1.29, 1.82) is 0 Å². The molecule has 0 saturated heterocycles. The molecule has 0 aliphatic heterocycles. The molecule has 76 valence electrons. The predicted octanol–water partition coefficient (Wildman–Crippen LogP) is 1.42. The fourth-order valence-electron chi connectivity index (χ4n) is 0.900. The van der Waals surface area contributed by atoms with Gasteiger partial charge in [0.1, 0.15) is 5.69 Å². The molecule has 0 fully saturated rings. The lowest BCUT2D eigenvalue weighted by molar-refractivity contribution is -0.386. The van der Waals surface area contributed by atoms with Crippen LogP contribution >= 0.6 is 0 Å². The molecule has 0 saturated carbocycles. The summed E-state index contributed by atoms with van der Waals surface area (Å²) in [5, 5.41) is 19.0. The van der Waals surface area contributed by atoms with Gasteiger partial charge in [0, 0.05) is 12.3 Å². The Labute approximate surface area is 77.2 Å². The summed E-state index contributed by atoms with van der Waals surface area (Å²) < 4.78 is 24.2. The molecule has 1 aromatic rings. The molecular formula is C7H6F2N2O3. The molecule has 0 aliphatic carbocycles. The van der Waals surface area contributed by atoms with Crippen LogP contribution in [-0.2, 0) is 6.61 Å². The van der Waals surface area contributed by atoms with E-state index in [1.165, 1.54) is 0 Å². The standard InChI is InChI=1S/C7H6F2N2O3/c8-7(9)5-1-6(11(13)14)4(3-12)2-10-5/h1-2,7,12H,3H2. The van der Waals surface area contributed by atoms with E-state index >= 15 is 0 Å². The summed E-state index contributed by atoms with van der Waals surface area (Å²) in [6.07, 6.45) is -1.99. The van der Waals surface area contributed by atoms with Crippen LogP contribution in [0.1, 0.15) is 17.7 Å². The van der Waals surface area contributed by atoms with Crippen molar-refractivity contribution in [1.82, 2.24) is 4.98 Å². The largest absolute Gasteiger partial charge is 0.391 e. The number of nitro groups is 1. The number of hydrogen-bond donors (Lipinski definition) is 1. The van der Waals surface area contributed by atoms with Gasteiger partial charge in [-0.3, -0.25) is 15.1 Å². The number of aliphatic hydroxyl groups excluding tert-OH is 1. The zero-order chi connectivity index (χ0) is 10.7. The van der Waals surface area contributed by atoms with Crippen LogP contribution in [0.2, 0.25) is 0 Å². The molecule has 1 rings (SSSR count). The fraction of sp³-hybridized carbons (Fsp3) is 0.286. The normalized spacial score (nSPS) is 10.6. The number of nitrogens with zero attached hydrogens (tertiary/aromatic N) is 2. The van der Waals surface area contributed by atoms with Gasteiger partial charge in [-0.05, 0) is 0 Å². The molecule has 0 spiro atoms. The SMILES string of the molecule is O=[N+]([O-])c1cc(C(F)F)ncc1CO. The second-order valence-corrected chi connectivity index (χ2v) is 2.45. The summed E-state index contributed by atoms with van der Waals surface area (Å²) in [6, 6.07) is 0.663. The van der Waals surface area contributed by atoms with E-state index in [9.17, 15) is 18.9 Å². The molecule has 0 aliphatic rings. The number of pyridine rings is 1. The smallest absolute Gasteiger partial charge is 0.280 e. The molecule has 0 radical (unpaired) electrons. The lowest BCUT2D eigenvalue weighted by atomic mass is 10.2. The number of hydrogen-bond acceptors (Lipinski definition) is 4. The minimum atomic E-state index is -2.86. The third-order valence-electron chi connectivity index (χ3n) is 1.57. The van der Waals surface area contributed by atoms with E-state index in [0.29, 0.717) is 6.07 Å². The quantitative estimate of drug-likeness (QED) is 0.596. The van der Waals surface area contributed by atoms with Crippen molar-refractivity contribution < 1.29 is 18.8 Å². The number of halogens is 2. The molecule has 0 aromatic carbocycles. The molecule has 1 heterocycles. The predicted molar refractivity (Wildman–Crippen MR) is 41.8 cm³/mol. The van der Waals surface area contributed by atoms with Crippen LogP contribution in [0.25, 0.3) is 0 Å². The summed E-state index contributed by atoms with van der Waals surface area (Å²) >= 11 is 0. The number of alkyl halides is 2. The molecule has 1 aromatic heterocycles. The zero-order valence-electron chi connectivity index (χ0n) is 6.85. The van der Waals surface area contributed by atoms with Crippen LogP contribution in [0, 0.1) is 10.1 Å². The highest BCUT2D eigenvalue weighted by molar-refractivity contribution is 5.39. The highest BCUT2D eigenvalue weighted by atomic mass is 19.3. The number of aromatic nitrogens is 1. The highest BCUT2D eigenvalue weighted by Gasteiger charge is 2.18. The second kappa shape index (κ2) is 4.05. The van der Waals surface area contributed by atoms with E-state index in [1.54, 1.807) is 0 Å². The van der Waals surface area contributed by atoms with Crippen molar-refractivity contribution in [2.45, 2.75) is 13.0 Å². The van der Waals surface area contributed by atoms with Gasteiger partial charge in [-0.2, -0.15) is 0 Å². The molecule has 14 heavy (non-hydrogen) atoms. The lowest BCUT2D eigenvalue weighted by Crippen LogP contribution is -1.99. The Bertz CT molecular complexity index is 357. The average molecular weight is 204 g/mol. The van der Waals surface area contributed by atoms with Crippen molar-refractivity contribution in [3.63, 3.8) is 0 Å². The van der Waals surface area contributed by atoms with Gasteiger partial charge in [0.15, 0.2) is 0 Å². The average Bonchev–Trinajstić information content (AvgIpc) is 2.16. The van der Waals surface area contributed by atoms with Gasteiger partial charge in [0.25, 0.3) is 12.1 Å². The van der Waals surface area contributed by atoms with Gasteiger partial charge in [0.05, 0.1) is 17.1 Å². The van der Waals surface area contributed by atoms with Crippen LogP contribution in [0.3, 0.4) is 0 Å². The van der Waals surface area contributed by atoms with Crippen LogP contribution in [0.15, 0.2) is 12.3 Å². The lowest BCUT2D eigenvalue weighted by Gasteiger charge is -2.01. The van der Waals surface area contributed by atoms with E-state index in [0.717, 1.165) is 6.20 Å².